The Kier molecular flexibility index (Phi) is 3.23. The summed E-state index contributed by atoms with van der Waals surface area (Å²) in [5, 5.41) is 2.99. The first-order chi connectivity index (χ1) is 8.06. The Morgan fingerprint density at radius 2 is 2.18 bits per heavy atom. The smallest absolute Gasteiger partial charge is 0.221 e. The maximum absolute atomic E-state index is 13.3. The van der Waals surface area contributed by atoms with Gasteiger partial charge >= 0.3 is 0 Å². The molecule has 4 nitrogen and oxygen atoms in total. The Labute approximate surface area is 106 Å². The molecule has 88 valence electrons. The van der Waals surface area contributed by atoms with Crippen molar-refractivity contribution >= 4 is 33.4 Å². The second-order valence-electron chi connectivity index (χ2n) is 3.51. The maximum atomic E-state index is 13.3. The van der Waals surface area contributed by atoms with Crippen molar-refractivity contribution < 1.29 is 4.39 Å². The number of aromatic nitrogens is 2. The molecule has 0 bridgehead atoms. The minimum atomic E-state index is -0.338. The van der Waals surface area contributed by atoms with Crippen molar-refractivity contribution in [3.05, 3.63) is 40.2 Å². The molecular weight excluding hydrogens is 287 g/mol. The topological polar surface area (TPSA) is 63.8 Å². The number of hydrogen-bond acceptors (Lipinski definition) is 4. The Balaban J connectivity index is 2.31. The van der Waals surface area contributed by atoms with Gasteiger partial charge in [0, 0.05) is 17.4 Å². The summed E-state index contributed by atoms with van der Waals surface area (Å²) in [6.45, 7) is 1.84. The lowest BCUT2D eigenvalue weighted by atomic mass is 10.3. The summed E-state index contributed by atoms with van der Waals surface area (Å²) in [4.78, 5) is 7.90. The van der Waals surface area contributed by atoms with Crippen LogP contribution in [0.1, 0.15) is 5.56 Å². The summed E-state index contributed by atoms with van der Waals surface area (Å²) in [5.74, 6) is 0.407. The zero-order valence-corrected chi connectivity index (χ0v) is 10.6. The molecule has 0 unspecified atom stereocenters. The second-order valence-corrected chi connectivity index (χ2v) is 4.37. The number of nitrogens with two attached hydrogens (primary N) is 1. The predicted molar refractivity (Wildman–Crippen MR) is 68.6 cm³/mol. The summed E-state index contributed by atoms with van der Waals surface area (Å²) in [7, 11) is 0. The van der Waals surface area contributed by atoms with Crippen LogP contribution in [0.3, 0.4) is 0 Å². The van der Waals surface area contributed by atoms with Crippen molar-refractivity contribution in [3.8, 4) is 0 Å². The number of benzene rings is 1. The third kappa shape index (κ3) is 2.71. The van der Waals surface area contributed by atoms with Gasteiger partial charge in [0.05, 0.1) is 4.47 Å². The van der Waals surface area contributed by atoms with Gasteiger partial charge in [-0.25, -0.2) is 9.37 Å². The molecule has 1 aromatic carbocycles. The number of nitrogens with zero attached hydrogens (tertiary/aromatic N) is 2. The highest BCUT2D eigenvalue weighted by Crippen LogP contribution is 2.23. The van der Waals surface area contributed by atoms with E-state index in [1.54, 1.807) is 18.3 Å². The summed E-state index contributed by atoms with van der Waals surface area (Å²) in [6.07, 6.45) is 1.61. The van der Waals surface area contributed by atoms with E-state index in [4.69, 9.17) is 5.73 Å². The highest BCUT2D eigenvalue weighted by Gasteiger charge is 2.04. The summed E-state index contributed by atoms with van der Waals surface area (Å²) < 4.78 is 13.7. The summed E-state index contributed by atoms with van der Waals surface area (Å²) in [5.41, 5.74) is 6.93. The van der Waals surface area contributed by atoms with Crippen molar-refractivity contribution in [1.82, 2.24) is 9.97 Å². The van der Waals surface area contributed by atoms with Crippen molar-refractivity contribution in [3.63, 3.8) is 0 Å². The molecule has 6 heteroatoms. The van der Waals surface area contributed by atoms with Crippen LogP contribution in [0.4, 0.5) is 21.8 Å². The number of nitrogens with one attached hydrogen (secondary N) is 1. The lowest BCUT2D eigenvalue weighted by molar-refractivity contribution is 0.622. The number of rotatable bonds is 2. The monoisotopic (exact) mass is 296 g/mol. The van der Waals surface area contributed by atoms with E-state index in [1.807, 2.05) is 6.92 Å². The molecule has 0 amide bonds. The fourth-order valence-electron chi connectivity index (χ4n) is 1.29. The number of anilines is 3. The van der Waals surface area contributed by atoms with Gasteiger partial charge in [0.15, 0.2) is 0 Å². The van der Waals surface area contributed by atoms with Crippen LogP contribution in [-0.2, 0) is 0 Å². The number of aryl methyl sites for hydroxylation is 1. The predicted octanol–water partition coefficient (Wildman–Crippen LogP) is 3.01. The van der Waals surface area contributed by atoms with Crippen LogP contribution in [0.25, 0.3) is 0 Å². The highest BCUT2D eigenvalue weighted by atomic mass is 79.9. The normalized spacial score (nSPS) is 10.3. The van der Waals surface area contributed by atoms with Crippen LogP contribution >= 0.6 is 15.9 Å². The molecule has 0 spiro atoms. The molecule has 0 aliphatic rings. The van der Waals surface area contributed by atoms with Gasteiger partial charge in [0.25, 0.3) is 0 Å². The molecule has 2 aromatic rings. The largest absolute Gasteiger partial charge is 0.368 e. The fraction of sp³-hybridized carbons (Fsp3) is 0.0909. The van der Waals surface area contributed by atoms with Gasteiger partial charge in [-0.05, 0) is 41.1 Å². The van der Waals surface area contributed by atoms with Crippen LogP contribution in [0.5, 0.6) is 0 Å². The van der Waals surface area contributed by atoms with Crippen LogP contribution in [0.2, 0.25) is 0 Å². The van der Waals surface area contributed by atoms with Gasteiger partial charge in [-0.2, -0.15) is 4.98 Å². The van der Waals surface area contributed by atoms with E-state index < -0.39 is 0 Å². The zero-order valence-electron chi connectivity index (χ0n) is 9.04. The molecule has 1 aromatic heterocycles. The molecule has 0 fully saturated rings. The molecule has 1 heterocycles. The van der Waals surface area contributed by atoms with E-state index in [1.165, 1.54) is 6.07 Å². The Hall–Kier alpha value is -1.69. The van der Waals surface area contributed by atoms with Crippen molar-refractivity contribution in [2.24, 2.45) is 0 Å². The molecule has 3 N–H and O–H groups in total. The molecule has 2 rings (SSSR count). The Morgan fingerprint density at radius 3 is 2.88 bits per heavy atom. The number of nitrogen functional groups attached to an aromatic ring is 1. The molecule has 0 radical (unpaired) electrons. The molecule has 0 saturated carbocycles. The zero-order chi connectivity index (χ0) is 12.4. The van der Waals surface area contributed by atoms with Gasteiger partial charge in [-0.1, -0.05) is 0 Å². The summed E-state index contributed by atoms with van der Waals surface area (Å²) in [6, 6.07) is 4.74. The first-order valence-electron chi connectivity index (χ1n) is 4.87. The molecule has 0 atom stereocenters. The summed E-state index contributed by atoms with van der Waals surface area (Å²) >= 11 is 3.09. The SMILES string of the molecule is Cc1cnc(N)nc1Nc1ccc(Br)c(F)c1. The van der Waals surface area contributed by atoms with Gasteiger partial charge in [0.1, 0.15) is 11.6 Å². The fourth-order valence-corrected chi connectivity index (χ4v) is 1.54. The minimum absolute atomic E-state index is 0.177. The van der Waals surface area contributed by atoms with E-state index in [2.05, 4.69) is 31.2 Å². The van der Waals surface area contributed by atoms with Crippen LogP contribution in [-0.4, -0.2) is 9.97 Å². The average molecular weight is 297 g/mol. The molecule has 0 saturated heterocycles. The van der Waals surface area contributed by atoms with E-state index in [9.17, 15) is 4.39 Å². The first kappa shape index (κ1) is 11.8. The third-order valence-corrected chi connectivity index (χ3v) is 2.82. The van der Waals surface area contributed by atoms with Crippen molar-refractivity contribution in [2.75, 3.05) is 11.1 Å². The van der Waals surface area contributed by atoms with Crippen molar-refractivity contribution in [2.45, 2.75) is 6.92 Å². The van der Waals surface area contributed by atoms with Gasteiger partial charge in [-0.15, -0.1) is 0 Å². The second kappa shape index (κ2) is 4.67. The number of hydrogen-bond donors (Lipinski definition) is 2. The van der Waals surface area contributed by atoms with E-state index in [0.717, 1.165) is 5.56 Å². The van der Waals surface area contributed by atoms with E-state index in [-0.39, 0.29) is 11.8 Å². The van der Waals surface area contributed by atoms with Gasteiger partial charge < -0.3 is 11.1 Å². The maximum Gasteiger partial charge on any atom is 0.221 e. The molecular formula is C11H10BrFN4. The van der Waals surface area contributed by atoms with Crippen LogP contribution in [0, 0.1) is 12.7 Å². The molecule has 17 heavy (non-hydrogen) atoms. The van der Waals surface area contributed by atoms with Crippen LogP contribution < -0.4 is 11.1 Å². The third-order valence-electron chi connectivity index (χ3n) is 2.17. The first-order valence-corrected chi connectivity index (χ1v) is 5.67. The van der Waals surface area contributed by atoms with E-state index >= 15 is 0 Å². The quantitative estimate of drug-likeness (QED) is 0.894. The lowest BCUT2D eigenvalue weighted by Gasteiger charge is -2.09. The van der Waals surface area contributed by atoms with E-state index in [0.29, 0.717) is 16.0 Å². The standard InChI is InChI=1S/C11H10BrFN4/c1-6-5-15-11(14)17-10(6)16-7-2-3-8(12)9(13)4-7/h2-5H,1H3,(H3,14,15,16,17). The highest BCUT2D eigenvalue weighted by molar-refractivity contribution is 9.10. The minimum Gasteiger partial charge on any atom is -0.368 e. The average Bonchev–Trinajstić information content (AvgIpc) is 2.29. The molecule has 0 aliphatic carbocycles. The van der Waals surface area contributed by atoms with Crippen molar-refractivity contribution in [1.29, 1.82) is 0 Å². The molecule has 0 aliphatic heterocycles. The van der Waals surface area contributed by atoms with Crippen LogP contribution in [0.15, 0.2) is 28.9 Å². The number of halogens is 2. The van der Waals surface area contributed by atoms with Gasteiger partial charge in [-0.3, -0.25) is 0 Å². The lowest BCUT2D eigenvalue weighted by Crippen LogP contribution is -2.02. The Bertz CT molecular complexity index is 559. The van der Waals surface area contributed by atoms with Gasteiger partial charge in [0.2, 0.25) is 5.95 Å². The Morgan fingerprint density at radius 1 is 1.41 bits per heavy atom.